The number of carbonyl (C=O) groups is 2. The van der Waals surface area contributed by atoms with Gasteiger partial charge in [-0.25, -0.2) is 0 Å². The minimum atomic E-state index is -0.498. The highest BCUT2D eigenvalue weighted by molar-refractivity contribution is 7.80. The third-order valence-electron chi connectivity index (χ3n) is 2.13. The topological polar surface area (TPSA) is 72.6 Å². The number of hydrogen-bond acceptors (Lipinski definition) is 4. The average molecular weight is 246 g/mol. The zero-order chi connectivity index (χ0) is 12.7. The fourth-order valence-electron chi connectivity index (χ4n) is 1.05. The molecule has 16 heavy (non-hydrogen) atoms. The van der Waals surface area contributed by atoms with Crippen LogP contribution in [0.3, 0.4) is 0 Å². The molecule has 0 saturated heterocycles. The summed E-state index contributed by atoms with van der Waals surface area (Å²) in [6.07, 6.45) is 0.181. The summed E-state index contributed by atoms with van der Waals surface area (Å²) >= 11 is 4.73. The number of hydrogen-bond donors (Lipinski definition) is 1. The van der Waals surface area contributed by atoms with Crippen LogP contribution in [0.15, 0.2) is 0 Å². The zero-order valence-electron chi connectivity index (χ0n) is 9.86. The summed E-state index contributed by atoms with van der Waals surface area (Å²) in [6.45, 7) is 4.04. The molecule has 0 aliphatic rings. The molecule has 0 heterocycles. The highest BCUT2D eigenvalue weighted by atomic mass is 32.1. The van der Waals surface area contributed by atoms with Crippen molar-refractivity contribution in [2.75, 3.05) is 20.2 Å². The highest BCUT2D eigenvalue weighted by Crippen LogP contribution is 2.02. The van der Waals surface area contributed by atoms with E-state index in [2.05, 4.69) is 0 Å². The minimum absolute atomic E-state index is 0.160. The molecule has 0 spiro atoms. The van der Waals surface area contributed by atoms with Gasteiger partial charge in [0.1, 0.15) is 0 Å². The Balaban J connectivity index is 4.06. The summed E-state index contributed by atoms with van der Waals surface area (Å²) < 4.78 is 4.75. The SMILES string of the molecule is CCOC(=O)CCN(C)C(=O)C(C)C(N)=S. The van der Waals surface area contributed by atoms with E-state index in [0.717, 1.165) is 0 Å². The number of ether oxygens (including phenoxy) is 1. The van der Waals surface area contributed by atoms with Crippen molar-refractivity contribution >= 4 is 29.1 Å². The van der Waals surface area contributed by atoms with Crippen LogP contribution in [0.2, 0.25) is 0 Å². The van der Waals surface area contributed by atoms with Gasteiger partial charge in [0.05, 0.1) is 23.9 Å². The van der Waals surface area contributed by atoms with Gasteiger partial charge in [0, 0.05) is 13.6 Å². The maximum absolute atomic E-state index is 11.7. The smallest absolute Gasteiger partial charge is 0.307 e. The van der Waals surface area contributed by atoms with Gasteiger partial charge >= 0.3 is 5.97 Å². The van der Waals surface area contributed by atoms with Crippen molar-refractivity contribution in [3.05, 3.63) is 0 Å². The molecule has 0 aliphatic carbocycles. The van der Waals surface area contributed by atoms with Gasteiger partial charge < -0.3 is 15.4 Å². The lowest BCUT2D eigenvalue weighted by Crippen LogP contribution is -2.38. The number of nitrogens with zero attached hydrogens (tertiary/aromatic N) is 1. The molecule has 0 aromatic rings. The molecule has 0 radical (unpaired) electrons. The highest BCUT2D eigenvalue weighted by Gasteiger charge is 2.20. The van der Waals surface area contributed by atoms with E-state index in [9.17, 15) is 9.59 Å². The van der Waals surface area contributed by atoms with E-state index >= 15 is 0 Å². The number of esters is 1. The molecular weight excluding hydrogens is 228 g/mol. The number of rotatable bonds is 6. The molecule has 92 valence electrons. The molecule has 0 fully saturated rings. The lowest BCUT2D eigenvalue weighted by atomic mass is 10.1. The maximum atomic E-state index is 11.7. The molecule has 0 aromatic heterocycles. The minimum Gasteiger partial charge on any atom is -0.466 e. The van der Waals surface area contributed by atoms with Gasteiger partial charge in [-0.3, -0.25) is 9.59 Å². The van der Waals surface area contributed by atoms with E-state index in [1.54, 1.807) is 20.9 Å². The summed E-state index contributed by atoms with van der Waals surface area (Å²) in [4.78, 5) is 24.3. The first-order chi connectivity index (χ1) is 7.40. The standard InChI is InChI=1S/C10H18N2O3S/c1-4-15-8(13)5-6-12(3)10(14)7(2)9(11)16/h7H,4-6H2,1-3H3,(H2,11,16). The number of carbonyl (C=O) groups excluding carboxylic acids is 2. The van der Waals surface area contributed by atoms with E-state index < -0.39 is 5.92 Å². The van der Waals surface area contributed by atoms with Crippen molar-refractivity contribution in [3.63, 3.8) is 0 Å². The van der Waals surface area contributed by atoms with Gasteiger partial charge in [0.15, 0.2) is 0 Å². The lowest BCUT2D eigenvalue weighted by molar-refractivity contribution is -0.144. The second-order valence-electron chi connectivity index (χ2n) is 3.44. The molecule has 1 atom stereocenters. The summed E-state index contributed by atoms with van der Waals surface area (Å²) in [7, 11) is 1.61. The van der Waals surface area contributed by atoms with E-state index in [0.29, 0.717) is 13.2 Å². The lowest BCUT2D eigenvalue weighted by Gasteiger charge is -2.20. The molecule has 0 bridgehead atoms. The van der Waals surface area contributed by atoms with Gasteiger partial charge in [-0.05, 0) is 13.8 Å². The van der Waals surface area contributed by atoms with Crippen molar-refractivity contribution in [2.45, 2.75) is 20.3 Å². The Bertz CT molecular complexity index is 281. The Hall–Kier alpha value is -1.17. The summed E-state index contributed by atoms with van der Waals surface area (Å²) in [5, 5.41) is 0. The quantitative estimate of drug-likeness (QED) is 0.540. The zero-order valence-corrected chi connectivity index (χ0v) is 10.7. The van der Waals surface area contributed by atoms with Crippen LogP contribution >= 0.6 is 12.2 Å². The Kier molecular flexibility index (Phi) is 6.64. The van der Waals surface area contributed by atoms with E-state index in [4.69, 9.17) is 22.7 Å². The van der Waals surface area contributed by atoms with Crippen LogP contribution in [-0.2, 0) is 14.3 Å². The molecule has 0 rings (SSSR count). The second kappa shape index (κ2) is 7.16. The van der Waals surface area contributed by atoms with Crippen LogP contribution in [0.4, 0.5) is 0 Å². The molecule has 0 saturated carbocycles. The van der Waals surface area contributed by atoms with E-state index in [1.165, 1.54) is 4.90 Å². The van der Waals surface area contributed by atoms with Crippen LogP contribution < -0.4 is 5.73 Å². The Morgan fingerprint density at radius 2 is 2.06 bits per heavy atom. The predicted octanol–water partition coefficient (Wildman–Crippen LogP) is 0.320. The van der Waals surface area contributed by atoms with Gasteiger partial charge in [-0.2, -0.15) is 0 Å². The molecule has 0 aromatic carbocycles. The molecule has 0 aliphatic heterocycles. The third kappa shape index (κ3) is 5.06. The molecule has 5 nitrogen and oxygen atoms in total. The van der Waals surface area contributed by atoms with Gasteiger partial charge in [-0.15, -0.1) is 0 Å². The Morgan fingerprint density at radius 3 is 2.50 bits per heavy atom. The van der Waals surface area contributed by atoms with Gasteiger partial charge in [-0.1, -0.05) is 12.2 Å². The number of amides is 1. The molecule has 1 unspecified atom stereocenters. The first-order valence-electron chi connectivity index (χ1n) is 5.10. The second-order valence-corrected chi connectivity index (χ2v) is 3.91. The fraction of sp³-hybridized carbons (Fsp3) is 0.700. The van der Waals surface area contributed by atoms with E-state index in [-0.39, 0.29) is 23.3 Å². The summed E-state index contributed by atoms with van der Waals surface area (Å²) in [5.41, 5.74) is 5.37. The van der Waals surface area contributed by atoms with Crippen molar-refractivity contribution in [2.24, 2.45) is 11.7 Å². The largest absolute Gasteiger partial charge is 0.466 e. The van der Waals surface area contributed by atoms with Gasteiger partial charge in [0.2, 0.25) is 5.91 Å². The maximum Gasteiger partial charge on any atom is 0.307 e. The van der Waals surface area contributed by atoms with Crippen LogP contribution in [0.5, 0.6) is 0 Å². The van der Waals surface area contributed by atoms with E-state index in [1.807, 2.05) is 0 Å². The average Bonchev–Trinajstić information content (AvgIpc) is 2.24. The van der Waals surface area contributed by atoms with Crippen LogP contribution in [-0.4, -0.2) is 42.0 Å². The van der Waals surface area contributed by atoms with Crippen molar-refractivity contribution in [1.29, 1.82) is 0 Å². The molecular formula is C10H18N2O3S. The Labute approximate surface area is 101 Å². The first-order valence-corrected chi connectivity index (χ1v) is 5.50. The molecule has 1 amide bonds. The normalized spacial score (nSPS) is 11.7. The summed E-state index contributed by atoms with van der Waals surface area (Å²) in [5.74, 6) is -0.996. The Morgan fingerprint density at radius 1 is 1.50 bits per heavy atom. The van der Waals surface area contributed by atoms with Crippen molar-refractivity contribution in [1.82, 2.24) is 4.90 Å². The van der Waals surface area contributed by atoms with Crippen LogP contribution in [0, 0.1) is 5.92 Å². The van der Waals surface area contributed by atoms with Crippen LogP contribution in [0.25, 0.3) is 0 Å². The first kappa shape index (κ1) is 14.8. The van der Waals surface area contributed by atoms with Crippen molar-refractivity contribution < 1.29 is 14.3 Å². The predicted molar refractivity (Wildman–Crippen MR) is 64.8 cm³/mol. The van der Waals surface area contributed by atoms with Crippen LogP contribution in [0.1, 0.15) is 20.3 Å². The van der Waals surface area contributed by atoms with Gasteiger partial charge in [0.25, 0.3) is 0 Å². The molecule has 6 heteroatoms. The monoisotopic (exact) mass is 246 g/mol. The summed E-state index contributed by atoms with van der Waals surface area (Å²) in [6, 6.07) is 0. The third-order valence-corrected chi connectivity index (χ3v) is 2.48. The number of thiocarbonyl (C=S) groups is 1. The number of nitrogens with two attached hydrogens (primary N) is 1. The fourth-order valence-corrected chi connectivity index (χ4v) is 1.16. The van der Waals surface area contributed by atoms with Crippen molar-refractivity contribution in [3.8, 4) is 0 Å². The molecule has 2 N–H and O–H groups in total.